The Morgan fingerprint density at radius 1 is 1.42 bits per heavy atom. The number of carbonyl (C=O) groups is 2. The molecule has 0 aliphatic carbocycles. The Morgan fingerprint density at radius 2 is 2.21 bits per heavy atom. The van der Waals surface area contributed by atoms with Gasteiger partial charge in [-0.1, -0.05) is 13.8 Å². The van der Waals surface area contributed by atoms with Crippen LogP contribution in [0.4, 0.5) is 10.5 Å². The van der Waals surface area contributed by atoms with E-state index in [9.17, 15) is 9.59 Å². The first kappa shape index (κ1) is 18.2. The maximum atomic E-state index is 12.3. The molecule has 3 amide bonds. The lowest BCUT2D eigenvalue weighted by Crippen LogP contribution is -2.46. The minimum absolute atomic E-state index is 0.00117. The number of nitrogens with one attached hydrogen (secondary N) is 2. The molecular weight excluding hydrogens is 304 g/mol. The van der Waals surface area contributed by atoms with E-state index in [1.165, 1.54) is 0 Å². The van der Waals surface area contributed by atoms with Crippen molar-refractivity contribution in [3.63, 3.8) is 0 Å². The predicted octanol–water partition coefficient (Wildman–Crippen LogP) is 2.80. The van der Waals surface area contributed by atoms with Crippen LogP contribution in [0.2, 0.25) is 0 Å². The molecule has 2 N–H and O–H groups in total. The third-order valence-corrected chi connectivity index (χ3v) is 4.24. The second-order valence-corrected chi connectivity index (χ2v) is 6.98. The van der Waals surface area contributed by atoms with E-state index in [4.69, 9.17) is 0 Å². The normalized spacial score (nSPS) is 17.7. The van der Waals surface area contributed by atoms with Crippen molar-refractivity contribution >= 4 is 17.6 Å². The van der Waals surface area contributed by atoms with Gasteiger partial charge in [-0.25, -0.2) is 4.79 Å². The number of rotatable bonds is 5. The van der Waals surface area contributed by atoms with E-state index in [-0.39, 0.29) is 17.9 Å². The molecule has 1 aliphatic rings. The maximum Gasteiger partial charge on any atom is 0.317 e. The first-order chi connectivity index (χ1) is 11.5. The van der Waals surface area contributed by atoms with E-state index in [0.717, 1.165) is 30.6 Å². The Labute approximate surface area is 144 Å². The summed E-state index contributed by atoms with van der Waals surface area (Å²) in [7, 11) is 0. The monoisotopic (exact) mass is 332 g/mol. The minimum Gasteiger partial charge on any atom is -0.338 e. The molecule has 1 aromatic rings. The van der Waals surface area contributed by atoms with Gasteiger partial charge >= 0.3 is 6.03 Å². The molecule has 0 bridgehead atoms. The van der Waals surface area contributed by atoms with E-state index >= 15 is 0 Å². The molecule has 6 nitrogen and oxygen atoms in total. The highest BCUT2D eigenvalue weighted by atomic mass is 16.2. The van der Waals surface area contributed by atoms with E-state index in [1.54, 1.807) is 18.5 Å². The smallest absolute Gasteiger partial charge is 0.317 e. The van der Waals surface area contributed by atoms with Crippen molar-refractivity contribution in [1.82, 2.24) is 15.2 Å². The zero-order valence-corrected chi connectivity index (χ0v) is 14.8. The molecular formula is C18H28N4O2. The molecule has 0 aromatic carbocycles. The second-order valence-electron chi connectivity index (χ2n) is 6.98. The average Bonchev–Trinajstić information content (AvgIpc) is 2.55. The summed E-state index contributed by atoms with van der Waals surface area (Å²) >= 11 is 0. The van der Waals surface area contributed by atoms with Crippen LogP contribution < -0.4 is 10.6 Å². The van der Waals surface area contributed by atoms with Crippen LogP contribution in [0, 0.1) is 18.8 Å². The minimum atomic E-state index is -0.0150. The first-order valence-corrected chi connectivity index (χ1v) is 8.69. The van der Waals surface area contributed by atoms with Gasteiger partial charge in [0.1, 0.15) is 0 Å². The standard InChI is InChI=1S/C18H28N4O2/c1-13(2)10-20-18(24)22-8-4-5-15(12-22)9-17(23)21-16-6-7-19-11-14(16)3/h6-7,11,13,15H,4-5,8-10,12H2,1-3H3,(H,20,24)(H,19,21,23)/t15-/m0/s1. The number of hydrogen-bond donors (Lipinski definition) is 2. The van der Waals surface area contributed by atoms with E-state index in [0.29, 0.717) is 25.4 Å². The number of aromatic nitrogens is 1. The number of anilines is 1. The molecule has 2 rings (SSSR count). The van der Waals surface area contributed by atoms with Gasteiger partial charge in [-0.15, -0.1) is 0 Å². The van der Waals surface area contributed by atoms with Crippen molar-refractivity contribution in [2.75, 3.05) is 25.0 Å². The van der Waals surface area contributed by atoms with Gasteiger partial charge in [-0.3, -0.25) is 9.78 Å². The van der Waals surface area contributed by atoms with Crippen molar-refractivity contribution in [2.45, 2.75) is 40.0 Å². The molecule has 1 aliphatic heterocycles. The number of pyridine rings is 1. The highest BCUT2D eigenvalue weighted by Crippen LogP contribution is 2.21. The highest BCUT2D eigenvalue weighted by Gasteiger charge is 2.25. The number of hydrogen-bond acceptors (Lipinski definition) is 3. The summed E-state index contributed by atoms with van der Waals surface area (Å²) in [5, 5.41) is 5.90. The number of amides is 3. The van der Waals surface area contributed by atoms with Crippen LogP contribution in [0.5, 0.6) is 0 Å². The van der Waals surface area contributed by atoms with Gasteiger partial charge in [0.2, 0.25) is 5.91 Å². The Kier molecular flexibility index (Phi) is 6.58. The number of likely N-dealkylation sites (tertiary alicyclic amines) is 1. The van der Waals surface area contributed by atoms with E-state index < -0.39 is 0 Å². The summed E-state index contributed by atoms with van der Waals surface area (Å²) in [4.78, 5) is 30.3. The molecule has 0 unspecified atom stereocenters. The average molecular weight is 332 g/mol. The van der Waals surface area contributed by atoms with Crippen LogP contribution in [-0.2, 0) is 4.79 Å². The molecule has 2 heterocycles. The Bertz CT molecular complexity index is 574. The topological polar surface area (TPSA) is 74.3 Å². The molecule has 132 valence electrons. The molecule has 1 fully saturated rings. The maximum absolute atomic E-state index is 12.3. The zero-order valence-electron chi connectivity index (χ0n) is 14.8. The fourth-order valence-corrected chi connectivity index (χ4v) is 2.90. The number of carbonyl (C=O) groups excluding carboxylic acids is 2. The van der Waals surface area contributed by atoms with Crippen LogP contribution in [0.1, 0.15) is 38.7 Å². The molecule has 0 spiro atoms. The molecule has 0 saturated carbocycles. The number of urea groups is 1. The zero-order chi connectivity index (χ0) is 17.5. The van der Waals surface area contributed by atoms with E-state index in [2.05, 4.69) is 29.5 Å². The summed E-state index contributed by atoms with van der Waals surface area (Å²) in [5.74, 6) is 0.647. The first-order valence-electron chi connectivity index (χ1n) is 8.69. The van der Waals surface area contributed by atoms with Gasteiger partial charge in [0, 0.05) is 44.1 Å². The van der Waals surface area contributed by atoms with Crippen LogP contribution in [0.15, 0.2) is 18.5 Å². The predicted molar refractivity (Wildman–Crippen MR) is 94.8 cm³/mol. The van der Waals surface area contributed by atoms with Crippen molar-refractivity contribution in [3.8, 4) is 0 Å². The van der Waals surface area contributed by atoms with Gasteiger partial charge < -0.3 is 15.5 Å². The molecule has 1 saturated heterocycles. The quantitative estimate of drug-likeness (QED) is 0.871. The number of aryl methyl sites for hydroxylation is 1. The van der Waals surface area contributed by atoms with E-state index in [1.807, 2.05) is 11.8 Å². The third kappa shape index (κ3) is 5.51. The summed E-state index contributed by atoms with van der Waals surface area (Å²) in [6.45, 7) is 8.17. The largest absolute Gasteiger partial charge is 0.338 e. The van der Waals surface area contributed by atoms with Gasteiger partial charge in [-0.05, 0) is 43.2 Å². The summed E-state index contributed by atoms with van der Waals surface area (Å²) in [6, 6.07) is 1.79. The summed E-state index contributed by atoms with van der Waals surface area (Å²) in [5.41, 5.74) is 1.75. The second kappa shape index (κ2) is 8.66. The molecule has 6 heteroatoms. The highest BCUT2D eigenvalue weighted by molar-refractivity contribution is 5.91. The fourth-order valence-electron chi connectivity index (χ4n) is 2.90. The Balaban J connectivity index is 1.83. The Hall–Kier alpha value is -2.11. The van der Waals surface area contributed by atoms with Crippen molar-refractivity contribution in [2.24, 2.45) is 11.8 Å². The molecule has 1 atom stereocenters. The van der Waals surface area contributed by atoms with Gasteiger partial charge in [0.05, 0.1) is 0 Å². The van der Waals surface area contributed by atoms with Crippen LogP contribution in [0.25, 0.3) is 0 Å². The SMILES string of the molecule is Cc1cnccc1NC(=O)C[C@@H]1CCCN(C(=O)NCC(C)C)C1. The lowest BCUT2D eigenvalue weighted by molar-refractivity contribution is -0.117. The lowest BCUT2D eigenvalue weighted by Gasteiger charge is -2.32. The van der Waals surface area contributed by atoms with Crippen molar-refractivity contribution < 1.29 is 9.59 Å². The van der Waals surface area contributed by atoms with Crippen molar-refractivity contribution in [3.05, 3.63) is 24.0 Å². The van der Waals surface area contributed by atoms with Gasteiger partial charge in [0.15, 0.2) is 0 Å². The molecule has 0 radical (unpaired) electrons. The summed E-state index contributed by atoms with van der Waals surface area (Å²) in [6.07, 6.45) is 5.77. The number of nitrogens with zero attached hydrogens (tertiary/aromatic N) is 2. The Morgan fingerprint density at radius 3 is 2.92 bits per heavy atom. The summed E-state index contributed by atoms with van der Waals surface area (Å²) < 4.78 is 0. The molecule has 24 heavy (non-hydrogen) atoms. The van der Waals surface area contributed by atoms with Crippen LogP contribution >= 0.6 is 0 Å². The fraction of sp³-hybridized carbons (Fsp3) is 0.611. The van der Waals surface area contributed by atoms with Crippen LogP contribution in [0.3, 0.4) is 0 Å². The lowest BCUT2D eigenvalue weighted by atomic mass is 9.94. The van der Waals surface area contributed by atoms with Gasteiger partial charge in [-0.2, -0.15) is 0 Å². The molecule has 1 aromatic heterocycles. The number of piperidine rings is 1. The third-order valence-electron chi connectivity index (χ3n) is 4.24. The van der Waals surface area contributed by atoms with Crippen molar-refractivity contribution in [1.29, 1.82) is 0 Å². The van der Waals surface area contributed by atoms with Crippen LogP contribution in [-0.4, -0.2) is 41.5 Å². The van der Waals surface area contributed by atoms with Gasteiger partial charge in [0.25, 0.3) is 0 Å².